The highest BCUT2D eigenvalue weighted by Crippen LogP contribution is 2.30. The molecule has 0 spiro atoms. The Morgan fingerprint density at radius 2 is 1.61 bits per heavy atom. The van der Waals surface area contributed by atoms with Crippen molar-refractivity contribution in [1.29, 1.82) is 0 Å². The summed E-state index contributed by atoms with van der Waals surface area (Å²) in [6.45, 7) is 0. The van der Waals surface area contributed by atoms with Gasteiger partial charge in [-0.05, 0) is 29.8 Å². The number of rotatable bonds is 5. The Bertz CT molecular complexity index is 1340. The second-order valence-corrected chi connectivity index (χ2v) is 7.16. The minimum atomic E-state index is -0.729. The topological polar surface area (TPSA) is 63.6 Å². The average Bonchev–Trinajstić information content (AvgIpc) is 3.38. The Kier molecular flexibility index (Phi) is 4.71. The summed E-state index contributed by atoms with van der Waals surface area (Å²) in [6, 6.07) is 16.8. The highest BCUT2D eigenvalue weighted by molar-refractivity contribution is 5.64. The lowest BCUT2D eigenvalue weighted by atomic mass is 10.1. The minimum absolute atomic E-state index is 0.0753. The molecule has 0 amide bonds. The van der Waals surface area contributed by atoms with Gasteiger partial charge in [0.2, 0.25) is 5.88 Å². The van der Waals surface area contributed by atoms with Crippen molar-refractivity contribution in [2.24, 2.45) is 0 Å². The summed E-state index contributed by atoms with van der Waals surface area (Å²) in [7, 11) is 0. The van der Waals surface area contributed by atoms with E-state index in [2.05, 4.69) is 9.97 Å². The van der Waals surface area contributed by atoms with Gasteiger partial charge in [-0.15, -0.1) is 0 Å². The molecular weight excluding hydrogens is 400 g/mol. The summed E-state index contributed by atoms with van der Waals surface area (Å²) in [4.78, 5) is 9.11. The monoisotopic (exact) mass is 417 g/mol. The maximum Gasteiger partial charge on any atom is 0.219 e. The fourth-order valence-corrected chi connectivity index (χ4v) is 3.61. The first-order chi connectivity index (χ1) is 15.1. The molecule has 0 saturated heterocycles. The average molecular weight is 417 g/mol. The fraction of sp³-hybridized carbons (Fsp3) is 0.0833. The van der Waals surface area contributed by atoms with Crippen molar-refractivity contribution in [3.63, 3.8) is 0 Å². The lowest BCUT2D eigenvalue weighted by Gasteiger charge is -2.10. The van der Waals surface area contributed by atoms with Crippen LogP contribution in [0.4, 0.5) is 8.78 Å². The van der Waals surface area contributed by atoms with E-state index in [1.54, 1.807) is 18.4 Å². The van der Waals surface area contributed by atoms with Gasteiger partial charge in [-0.2, -0.15) is 0 Å². The predicted octanol–water partition coefficient (Wildman–Crippen LogP) is 5.15. The third-order valence-corrected chi connectivity index (χ3v) is 5.08. The smallest absolute Gasteiger partial charge is 0.219 e. The van der Waals surface area contributed by atoms with Crippen LogP contribution in [-0.4, -0.2) is 19.5 Å². The zero-order valence-electron chi connectivity index (χ0n) is 16.3. The van der Waals surface area contributed by atoms with Crippen LogP contribution in [-0.2, 0) is 12.8 Å². The molecule has 5 nitrogen and oxygen atoms in total. The predicted molar refractivity (Wildman–Crippen MR) is 111 cm³/mol. The van der Waals surface area contributed by atoms with E-state index in [4.69, 9.17) is 4.42 Å². The quantitative estimate of drug-likeness (QED) is 0.429. The van der Waals surface area contributed by atoms with E-state index in [9.17, 15) is 13.9 Å². The van der Waals surface area contributed by atoms with Crippen LogP contribution in [0, 0.1) is 11.6 Å². The normalized spacial score (nSPS) is 11.3. The Morgan fingerprint density at radius 1 is 0.839 bits per heavy atom. The van der Waals surface area contributed by atoms with Crippen molar-refractivity contribution < 1.29 is 18.3 Å². The van der Waals surface area contributed by atoms with E-state index in [1.807, 2.05) is 30.3 Å². The van der Waals surface area contributed by atoms with Crippen molar-refractivity contribution in [3.05, 3.63) is 107 Å². The molecule has 31 heavy (non-hydrogen) atoms. The number of hydrogen-bond acceptors (Lipinski definition) is 4. The van der Waals surface area contributed by atoms with E-state index < -0.39 is 11.6 Å². The summed E-state index contributed by atoms with van der Waals surface area (Å²) in [5, 5.41) is 10.8. The number of furan rings is 1. The van der Waals surface area contributed by atoms with Crippen LogP contribution in [0.25, 0.3) is 16.9 Å². The van der Waals surface area contributed by atoms with E-state index in [-0.39, 0.29) is 23.6 Å². The Morgan fingerprint density at radius 3 is 2.32 bits per heavy atom. The SMILES string of the molecule is Oc1c(Cc2ccco2)nc2c(Cc3ccccc3)nc(-c3c(F)cccc3F)cn12. The second kappa shape index (κ2) is 7.68. The van der Waals surface area contributed by atoms with E-state index in [0.29, 0.717) is 29.2 Å². The molecule has 5 aromatic rings. The molecular formula is C24H17F2N3O2. The largest absolute Gasteiger partial charge is 0.493 e. The molecule has 0 bridgehead atoms. The Labute approximate surface area is 176 Å². The van der Waals surface area contributed by atoms with Gasteiger partial charge < -0.3 is 9.52 Å². The van der Waals surface area contributed by atoms with Crippen molar-refractivity contribution >= 4 is 5.65 Å². The first kappa shape index (κ1) is 19.0. The van der Waals surface area contributed by atoms with E-state index in [0.717, 1.165) is 5.56 Å². The first-order valence-corrected chi connectivity index (χ1v) is 9.70. The van der Waals surface area contributed by atoms with Crippen molar-refractivity contribution in [2.45, 2.75) is 12.8 Å². The number of hydrogen-bond donors (Lipinski definition) is 1. The van der Waals surface area contributed by atoms with Gasteiger partial charge in [0.05, 0.1) is 29.6 Å². The lowest BCUT2D eigenvalue weighted by molar-refractivity contribution is 0.438. The molecule has 0 fully saturated rings. The van der Waals surface area contributed by atoms with Gasteiger partial charge in [0.1, 0.15) is 23.1 Å². The van der Waals surface area contributed by atoms with E-state index in [1.165, 1.54) is 28.8 Å². The van der Waals surface area contributed by atoms with Crippen LogP contribution < -0.4 is 0 Å². The maximum atomic E-state index is 14.5. The summed E-state index contributed by atoms with van der Waals surface area (Å²) in [5.41, 5.74) is 2.08. The summed E-state index contributed by atoms with van der Waals surface area (Å²) < 4.78 is 35.7. The van der Waals surface area contributed by atoms with Gasteiger partial charge in [0.25, 0.3) is 0 Å². The van der Waals surface area contributed by atoms with Crippen molar-refractivity contribution in [1.82, 2.24) is 14.4 Å². The molecule has 7 heteroatoms. The third-order valence-electron chi connectivity index (χ3n) is 5.08. The zero-order chi connectivity index (χ0) is 21.4. The summed E-state index contributed by atoms with van der Waals surface area (Å²) in [6.07, 6.45) is 3.60. The number of fused-ring (bicyclic) bond motifs is 1. The number of imidazole rings is 1. The molecule has 0 radical (unpaired) electrons. The van der Waals surface area contributed by atoms with Crippen molar-refractivity contribution in [3.8, 4) is 17.1 Å². The van der Waals surface area contributed by atoms with Gasteiger partial charge in [0, 0.05) is 12.6 Å². The molecule has 2 aromatic carbocycles. The van der Waals surface area contributed by atoms with Gasteiger partial charge in [-0.1, -0.05) is 36.4 Å². The van der Waals surface area contributed by atoms with Crippen LogP contribution in [0.1, 0.15) is 22.7 Å². The zero-order valence-corrected chi connectivity index (χ0v) is 16.3. The molecule has 0 aliphatic heterocycles. The Hall–Kier alpha value is -4.00. The van der Waals surface area contributed by atoms with Crippen LogP contribution in [0.2, 0.25) is 0 Å². The fourth-order valence-electron chi connectivity index (χ4n) is 3.61. The summed E-state index contributed by atoms with van der Waals surface area (Å²) in [5.74, 6) is -0.946. The maximum absolute atomic E-state index is 14.5. The molecule has 3 heterocycles. The van der Waals surface area contributed by atoms with Gasteiger partial charge in [-0.3, -0.25) is 4.40 Å². The number of aromatic nitrogens is 3. The molecule has 0 atom stereocenters. The minimum Gasteiger partial charge on any atom is -0.493 e. The molecule has 0 aliphatic carbocycles. The van der Waals surface area contributed by atoms with Crippen LogP contribution in [0.15, 0.2) is 77.5 Å². The molecule has 5 rings (SSSR count). The number of aromatic hydroxyl groups is 1. The number of nitrogens with zero attached hydrogens (tertiary/aromatic N) is 3. The molecule has 1 N–H and O–H groups in total. The van der Waals surface area contributed by atoms with Crippen LogP contribution in [0.5, 0.6) is 5.88 Å². The first-order valence-electron chi connectivity index (χ1n) is 9.70. The van der Waals surface area contributed by atoms with Crippen LogP contribution >= 0.6 is 0 Å². The lowest BCUT2D eigenvalue weighted by Crippen LogP contribution is -2.02. The van der Waals surface area contributed by atoms with Crippen molar-refractivity contribution in [2.75, 3.05) is 0 Å². The number of halogens is 2. The second-order valence-electron chi connectivity index (χ2n) is 7.16. The highest BCUT2D eigenvalue weighted by atomic mass is 19.1. The van der Waals surface area contributed by atoms with Gasteiger partial charge in [0.15, 0.2) is 5.65 Å². The Balaban J connectivity index is 1.71. The number of benzene rings is 2. The third kappa shape index (κ3) is 3.54. The van der Waals surface area contributed by atoms with Gasteiger partial charge >= 0.3 is 0 Å². The molecule has 0 unspecified atom stereocenters. The molecule has 3 aromatic heterocycles. The molecule has 0 saturated carbocycles. The summed E-state index contributed by atoms with van der Waals surface area (Å²) >= 11 is 0. The van der Waals surface area contributed by atoms with Crippen LogP contribution in [0.3, 0.4) is 0 Å². The van der Waals surface area contributed by atoms with Gasteiger partial charge in [-0.25, -0.2) is 18.7 Å². The van der Waals surface area contributed by atoms with E-state index >= 15 is 0 Å². The molecule has 0 aliphatic rings. The molecule has 154 valence electrons. The standard InChI is InChI=1S/C24H17F2N3O2/c25-17-9-4-10-18(26)22(17)21-14-29-23(19(27-21)12-15-6-2-1-3-7-15)28-20(24(29)30)13-16-8-5-11-31-16/h1-11,14,30H,12-13H2. The highest BCUT2D eigenvalue weighted by Gasteiger charge is 2.21.